The number of ketones is 1. The molecule has 9 nitrogen and oxygen atoms in total. The molecule has 3 N–H and O–H groups in total. The molecule has 2 heterocycles. The third-order valence-electron chi connectivity index (χ3n) is 3.88. The molecule has 2 aromatic heterocycles. The van der Waals surface area contributed by atoms with Crippen LogP contribution in [0.25, 0.3) is 0 Å². The summed E-state index contributed by atoms with van der Waals surface area (Å²) in [5.41, 5.74) is 0.463. The number of sulfonamides is 1. The Morgan fingerprint density at radius 3 is 2.24 bits per heavy atom. The summed E-state index contributed by atoms with van der Waals surface area (Å²) in [5.74, 6) is 1.60. The number of hydrogen-bond acceptors (Lipinski definition) is 8. The Balaban J connectivity index is 1.47. The van der Waals surface area contributed by atoms with E-state index in [9.17, 15) is 13.2 Å². The normalized spacial score (nSPS) is 11.1. The van der Waals surface area contributed by atoms with Crippen LogP contribution in [0.2, 0.25) is 0 Å². The second-order valence-corrected chi connectivity index (χ2v) is 7.82. The molecule has 0 amide bonds. The molecular formula is C19H20N6O3S. The first-order valence-electron chi connectivity index (χ1n) is 8.80. The van der Waals surface area contributed by atoms with Crippen molar-refractivity contribution in [1.82, 2.24) is 19.9 Å². The summed E-state index contributed by atoms with van der Waals surface area (Å²) in [6.45, 7) is 1.91. The molecule has 0 atom stereocenters. The average molecular weight is 412 g/mol. The highest BCUT2D eigenvalue weighted by atomic mass is 32.2. The van der Waals surface area contributed by atoms with Crippen molar-refractivity contribution in [3.05, 3.63) is 66.4 Å². The summed E-state index contributed by atoms with van der Waals surface area (Å²) in [5, 5.41) is 14.1. The number of nitrogens with one attached hydrogen (secondary N) is 3. The first-order chi connectivity index (χ1) is 13.9. The third-order valence-corrected chi connectivity index (χ3v) is 5.36. The number of benzene rings is 1. The fourth-order valence-corrected chi connectivity index (χ4v) is 3.42. The van der Waals surface area contributed by atoms with E-state index in [1.807, 2.05) is 18.2 Å². The first kappa shape index (κ1) is 20.4. The number of Topliss-reactive ketones (excluding diaryl/α,β-unsaturated/α-hetero) is 1. The van der Waals surface area contributed by atoms with Gasteiger partial charge in [0.25, 0.3) is 0 Å². The lowest BCUT2D eigenvalue weighted by Crippen LogP contribution is -2.29. The van der Waals surface area contributed by atoms with Gasteiger partial charge in [0.15, 0.2) is 11.6 Å². The predicted octanol–water partition coefficient (Wildman–Crippen LogP) is 2.21. The summed E-state index contributed by atoms with van der Waals surface area (Å²) in [6.07, 6.45) is 1.67. The van der Waals surface area contributed by atoms with Crippen LogP contribution < -0.4 is 15.4 Å². The second kappa shape index (κ2) is 9.22. The van der Waals surface area contributed by atoms with Crippen LogP contribution in [0.3, 0.4) is 0 Å². The maximum absolute atomic E-state index is 12.3. The van der Waals surface area contributed by atoms with Crippen LogP contribution in [-0.4, -0.2) is 42.5 Å². The highest BCUT2D eigenvalue weighted by Gasteiger charge is 2.13. The third kappa shape index (κ3) is 5.80. The van der Waals surface area contributed by atoms with Gasteiger partial charge in [0.05, 0.1) is 4.90 Å². The van der Waals surface area contributed by atoms with E-state index in [0.29, 0.717) is 29.6 Å². The van der Waals surface area contributed by atoms with Crippen LogP contribution in [-0.2, 0) is 10.0 Å². The van der Waals surface area contributed by atoms with Gasteiger partial charge in [-0.1, -0.05) is 18.2 Å². The van der Waals surface area contributed by atoms with E-state index in [0.717, 1.165) is 0 Å². The minimum absolute atomic E-state index is 0.104. The van der Waals surface area contributed by atoms with Crippen LogP contribution in [0.4, 0.5) is 17.5 Å². The summed E-state index contributed by atoms with van der Waals surface area (Å²) < 4.78 is 27.0. The van der Waals surface area contributed by atoms with Crippen molar-refractivity contribution in [2.24, 2.45) is 0 Å². The topological polar surface area (TPSA) is 126 Å². The number of pyridine rings is 1. The number of carbonyl (C=O) groups is 1. The number of nitrogens with zero attached hydrogens (tertiary/aromatic N) is 3. The number of aromatic nitrogens is 3. The largest absolute Gasteiger partial charge is 0.367 e. The lowest BCUT2D eigenvalue weighted by molar-refractivity contribution is 0.101. The zero-order valence-corrected chi connectivity index (χ0v) is 16.5. The molecule has 0 spiro atoms. The van der Waals surface area contributed by atoms with Crippen molar-refractivity contribution in [1.29, 1.82) is 0 Å². The standard InChI is InChI=1S/C19H20N6O3S/c1-14(26)15-5-7-16(8-6-15)29(27,28)22-13-12-21-18-9-10-19(25-24-18)23-17-4-2-3-11-20-17/h2-11,22H,12-13H2,1H3,(H,21,24)(H,20,23,25). The van der Waals surface area contributed by atoms with Crippen molar-refractivity contribution < 1.29 is 13.2 Å². The van der Waals surface area contributed by atoms with Crippen LogP contribution in [0.5, 0.6) is 0 Å². The Morgan fingerprint density at radius 1 is 0.897 bits per heavy atom. The van der Waals surface area contributed by atoms with Gasteiger partial charge in [0.1, 0.15) is 11.6 Å². The van der Waals surface area contributed by atoms with Crippen molar-refractivity contribution in [3.8, 4) is 0 Å². The zero-order valence-electron chi connectivity index (χ0n) is 15.7. The number of carbonyl (C=O) groups excluding carboxylic acids is 1. The van der Waals surface area contributed by atoms with Gasteiger partial charge in [-0.05, 0) is 43.3 Å². The maximum Gasteiger partial charge on any atom is 0.240 e. The molecule has 0 saturated carbocycles. The van der Waals surface area contributed by atoms with E-state index in [-0.39, 0.29) is 17.2 Å². The first-order valence-corrected chi connectivity index (χ1v) is 10.3. The number of rotatable bonds is 9. The lowest BCUT2D eigenvalue weighted by Gasteiger charge is -2.09. The Bertz CT molecular complexity index is 1060. The smallest absolute Gasteiger partial charge is 0.240 e. The molecule has 150 valence electrons. The van der Waals surface area contributed by atoms with Crippen molar-refractivity contribution in [2.45, 2.75) is 11.8 Å². The molecular weight excluding hydrogens is 392 g/mol. The van der Waals surface area contributed by atoms with Crippen molar-refractivity contribution >= 4 is 33.3 Å². The van der Waals surface area contributed by atoms with E-state index >= 15 is 0 Å². The molecule has 0 saturated heterocycles. The Morgan fingerprint density at radius 2 is 1.62 bits per heavy atom. The second-order valence-electron chi connectivity index (χ2n) is 6.05. The van der Waals surface area contributed by atoms with Gasteiger partial charge in [-0.25, -0.2) is 18.1 Å². The summed E-state index contributed by atoms with van der Waals surface area (Å²) in [7, 11) is -3.65. The quantitative estimate of drug-likeness (QED) is 0.361. The number of hydrogen-bond donors (Lipinski definition) is 3. The van der Waals surface area contributed by atoms with Gasteiger partial charge in [0, 0.05) is 24.8 Å². The molecule has 29 heavy (non-hydrogen) atoms. The highest BCUT2D eigenvalue weighted by molar-refractivity contribution is 7.89. The molecule has 0 fully saturated rings. The number of anilines is 3. The lowest BCUT2D eigenvalue weighted by atomic mass is 10.2. The van der Waals surface area contributed by atoms with Gasteiger partial charge < -0.3 is 10.6 Å². The molecule has 3 aromatic rings. The minimum atomic E-state index is -3.65. The predicted molar refractivity (Wildman–Crippen MR) is 110 cm³/mol. The molecule has 0 aliphatic heterocycles. The van der Waals surface area contributed by atoms with Crippen molar-refractivity contribution in [2.75, 3.05) is 23.7 Å². The monoisotopic (exact) mass is 412 g/mol. The molecule has 0 unspecified atom stereocenters. The minimum Gasteiger partial charge on any atom is -0.367 e. The molecule has 1 aromatic carbocycles. The molecule has 10 heteroatoms. The van der Waals surface area contributed by atoms with Gasteiger partial charge in [-0.15, -0.1) is 10.2 Å². The average Bonchev–Trinajstić information content (AvgIpc) is 2.73. The van der Waals surface area contributed by atoms with E-state index in [2.05, 4.69) is 30.5 Å². The van der Waals surface area contributed by atoms with Crippen LogP contribution >= 0.6 is 0 Å². The fraction of sp³-hybridized carbons (Fsp3) is 0.158. The summed E-state index contributed by atoms with van der Waals surface area (Å²) >= 11 is 0. The van der Waals surface area contributed by atoms with E-state index < -0.39 is 10.0 Å². The highest BCUT2D eigenvalue weighted by Crippen LogP contribution is 2.12. The van der Waals surface area contributed by atoms with Gasteiger partial charge >= 0.3 is 0 Å². The van der Waals surface area contributed by atoms with E-state index in [1.165, 1.54) is 31.2 Å². The van der Waals surface area contributed by atoms with Gasteiger partial charge in [0.2, 0.25) is 10.0 Å². The van der Waals surface area contributed by atoms with Crippen molar-refractivity contribution in [3.63, 3.8) is 0 Å². The van der Waals surface area contributed by atoms with Crippen LogP contribution in [0.1, 0.15) is 17.3 Å². The Labute approximate surface area is 168 Å². The SMILES string of the molecule is CC(=O)c1ccc(S(=O)(=O)NCCNc2ccc(Nc3ccccn3)nn2)cc1. The zero-order chi connectivity index (χ0) is 20.7. The molecule has 0 radical (unpaired) electrons. The van der Waals surface area contributed by atoms with Gasteiger partial charge in [-0.2, -0.15) is 0 Å². The van der Waals surface area contributed by atoms with E-state index in [4.69, 9.17) is 0 Å². The van der Waals surface area contributed by atoms with Gasteiger partial charge in [-0.3, -0.25) is 4.79 Å². The van der Waals surface area contributed by atoms with Crippen LogP contribution in [0, 0.1) is 0 Å². The summed E-state index contributed by atoms with van der Waals surface area (Å²) in [4.78, 5) is 15.5. The molecule has 0 aliphatic carbocycles. The molecule has 0 bridgehead atoms. The molecule has 0 aliphatic rings. The fourth-order valence-electron chi connectivity index (χ4n) is 2.39. The molecule has 3 rings (SSSR count). The summed E-state index contributed by atoms with van der Waals surface area (Å²) in [6, 6.07) is 14.8. The maximum atomic E-state index is 12.3. The Kier molecular flexibility index (Phi) is 6.47. The van der Waals surface area contributed by atoms with Crippen LogP contribution in [0.15, 0.2) is 65.7 Å². The Hall–Kier alpha value is -3.37. The van der Waals surface area contributed by atoms with E-state index in [1.54, 1.807) is 18.3 Å².